The molecule has 0 atom stereocenters. The van der Waals surface area contributed by atoms with E-state index in [0.29, 0.717) is 64.4 Å². The predicted octanol–water partition coefficient (Wildman–Crippen LogP) is 1.96. The fourth-order valence-electron chi connectivity index (χ4n) is 2.73. The molecule has 28 heavy (non-hydrogen) atoms. The lowest BCUT2D eigenvalue weighted by Crippen LogP contribution is -2.33. The molecule has 0 aliphatic heterocycles. The summed E-state index contributed by atoms with van der Waals surface area (Å²) in [4.78, 5) is 22.7. The summed E-state index contributed by atoms with van der Waals surface area (Å²) in [6, 6.07) is 0. The molecule has 1 aliphatic rings. The summed E-state index contributed by atoms with van der Waals surface area (Å²) in [6.07, 6.45) is 6.43. The molecule has 2 N–H and O–H groups in total. The molecule has 9 heteroatoms. The second-order valence-electron chi connectivity index (χ2n) is 6.51. The third-order valence-electron chi connectivity index (χ3n) is 4.38. The Morgan fingerprint density at radius 2 is 1.39 bits per heavy atom. The van der Waals surface area contributed by atoms with Crippen molar-refractivity contribution in [2.45, 2.75) is 50.4 Å². The van der Waals surface area contributed by atoms with Crippen molar-refractivity contribution in [1.29, 1.82) is 0 Å². The number of carbonyl (C=O) groups is 2. The van der Waals surface area contributed by atoms with Crippen molar-refractivity contribution in [3.05, 3.63) is 0 Å². The van der Waals surface area contributed by atoms with Gasteiger partial charge in [0, 0.05) is 24.8 Å². The third kappa shape index (κ3) is 13.2. The van der Waals surface area contributed by atoms with E-state index in [9.17, 15) is 9.59 Å². The van der Waals surface area contributed by atoms with Gasteiger partial charge in [-0.2, -0.15) is 11.8 Å². The molecule has 0 saturated heterocycles. The van der Waals surface area contributed by atoms with Crippen LogP contribution in [0.15, 0.2) is 0 Å². The summed E-state index contributed by atoms with van der Waals surface area (Å²) in [5.74, 6) is 0.0260. The molecule has 0 aromatic rings. The van der Waals surface area contributed by atoms with E-state index in [2.05, 4.69) is 16.9 Å². The Bertz CT molecular complexity index is 419. The van der Waals surface area contributed by atoms with Crippen molar-refractivity contribution >= 4 is 23.8 Å². The van der Waals surface area contributed by atoms with Gasteiger partial charge >= 0.3 is 6.09 Å². The van der Waals surface area contributed by atoms with Gasteiger partial charge in [0.1, 0.15) is 6.10 Å². The van der Waals surface area contributed by atoms with Crippen LogP contribution in [0.5, 0.6) is 0 Å². The number of amides is 2. The molecule has 0 radical (unpaired) electrons. The fraction of sp³-hybridized carbons (Fsp3) is 0.895. The van der Waals surface area contributed by atoms with Crippen LogP contribution in [0.25, 0.3) is 0 Å². The quantitative estimate of drug-likeness (QED) is 0.391. The van der Waals surface area contributed by atoms with Gasteiger partial charge in [0.05, 0.1) is 39.6 Å². The van der Waals surface area contributed by atoms with Crippen LogP contribution in [0.3, 0.4) is 0 Å². The number of carbonyl (C=O) groups excluding carboxylic acids is 2. The maximum Gasteiger partial charge on any atom is 0.407 e. The Hall–Kier alpha value is -1.03. The highest BCUT2D eigenvalue weighted by atomic mass is 32.2. The van der Waals surface area contributed by atoms with Gasteiger partial charge in [-0.3, -0.25) is 4.79 Å². The number of hydrogen-bond donors (Lipinski definition) is 2. The number of rotatable bonds is 15. The van der Waals surface area contributed by atoms with Gasteiger partial charge in [0.15, 0.2) is 0 Å². The molecule has 1 fully saturated rings. The van der Waals surface area contributed by atoms with Crippen LogP contribution < -0.4 is 10.6 Å². The zero-order valence-electron chi connectivity index (χ0n) is 17.2. The molecule has 0 heterocycles. The second-order valence-corrected chi connectivity index (χ2v) is 7.65. The van der Waals surface area contributed by atoms with E-state index in [1.54, 1.807) is 0 Å². The highest BCUT2D eigenvalue weighted by Gasteiger charge is 2.23. The van der Waals surface area contributed by atoms with Crippen molar-refractivity contribution in [3.8, 4) is 0 Å². The van der Waals surface area contributed by atoms with Crippen LogP contribution in [0.1, 0.15) is 39.0 Å². The van der Waals surface area contributed by atoms with Gasteiger partial charge < -0.3 is 29.6 Å². The summed E-state index contributed by atoms with van der Waals surface area (Å²) in [7, 11) is 0. The minimum atomic E-state index is -0.361. The Morgan fingerprint density at radius 3 is 1.93 bits per heavy atom. The lowest BCUT2D eigenvalue weighted by atomic mass is 9.97. The Morgan fingerprint density at radius 1 is 0.857 bits per heavy atom. The molecular weight excluding hydrogens is 384 g/mol. The predicted molar refractivity (Wildman–Crippen MR) is 110 cm³/mol. The molecule has 0 unspecified atom stereocenters. The van der Waals surface area contributed by atoms with E-state index in [4.69, 9.17) is 18.9 Å². The first-order valence-corrected chi connectivity index (χ1v) is 11.4. The van der Waals surface area contributed by atoms with Gasteiger partial charge in [-0.1, -0.05) is 6.92 Å². The summed E-state index contributed by atoms with van der Waals surface area (Å²) in [5.41, 5.74) is 0. The smallest absolute Gasteiger partial charge is 0.407 e. The van der Waals surface area contributed by atoms with Crippen molar-refractivity contribution in [2.75, 3.05) is 59.0 Å². The molecular formula is C19H36N2O6S. The van der Waals surface area contributed by atoms with Crippen LogP contribution in [0.4, 0.5) is 4.79 Å². The van der Waals surface area contributed by atoms with Crippen LogP contribution in [0, 0.1) is 0 Å². The topological polar surface area (TPSA) is 95.1 Å². The monoisotopic (exact) mass is 420 g/mol. The third-order valence-corrected chi connectivity index (χ3v) is 5.52. The summed E-state index contributed by atoms with van der Waals surface area (Å²) in [5, 5.41) is 6.16. The van der Waals surface area contributed by atoms with E-state index in [1.165, 1.54) is 0 Å². The van der Waals surface area contributed by atoms with Crippen molar-refractivity contribution in [1.82, 2.24) is 10.6 Å². The highest BCUT2D eigenvalue weighted by Crippen LogP contribution is 2.28. The minimum Gasteiger partial charge on any atom is -0.446 e. The number of thioether (sulfide) groups is 1. The van der Waals surface area contributed by atoms with Crippen molar-refractivity contribution in [2.24, 2.45) is 0 Å². The Balaban J connectivity index is 1.80. The summed E-state index contributed by atoms with van der Waals surface area (Å²) in [6.45, 7) is 5.54. The van der Waals surface area contributed by atoms with Crippen LogP contribution in [0.2, 0.25) is 0 Å². The Labute approximate surface area is 172 Å². The normalized spacial score (nSPS) is 19.2. The van der Waals surface area contributed by atoms with E-state index in [-0.39, 0.29) is 18.1 Å². The fourth-order valence-corrected chi connectivity index (χ4v) is 3.48. The van der Waals surface area contributed by atoms with Gasteiger partial charge in [-0.15, -0.1) is 0 Å². The molecule has 0 bridgehead atoms. The van der Waals surface area contributed by atoms with Gasteiger partial charge in [0.2, 0.25) is 5.91 Å². The molecule has 1 rings (SSSR count). The molecule has 164 valence electrons. The lowest BCUT2D eigenvalue weighted by Gasteiger charge is -2.27. The lowest BCUT2D eigenvalue weighted by molar-refractivity contribution is -0.121. The SMILES string of the molecule is CCC(=O)NCCOCCOCCOCCNC(=O)OC1CCC(SC)CC1. The number of nitrogens with one attached hydrogen (secondary N) is 2. The standard InChI is InChI=1S/C19H36N2O6S/c1-3-18(22)20-8-10-24-12-14-26-15-13-25-11-9-21-19(23)27-16-4-6-17(28-2)7-5-16/h16-17H,3-15H2,1-2H3,(H,20,22)(H,21,23). The zero-order valence-corrected chi connectivity index (χ0v) is 18.0. The summed E-state index contributed by atoms with van der Waals surface area (Å²) < 4.78 is 21.5. The molecule has 0 aromatic carbocycles. The molecule has 8 nitrogen and oxygen atoms in total. The first-order valence-electron chi connectivity index (χ1n) is 10.1. The van der Waals surface area contributed by atoms with E-state index in [0.717, 1.165) is 25.7 Å². The summed E-state index contributed by atoms with van der Waals surface area (Å²) >= 11 is 1.90. The van der Waals surface area contributed by atoms with Crippen LogP contribution >= 0.6 is 11.8 Å². The average molecular weight is 421 g/mol. The van der Waals surface area contributed by atoms with E-state index in [1.807, 2.05) is 18.7 Å². The molecule has 1 saturated carbocycles. The van der Waals surface area contributed by atoms with Gasteiger partial charge in [0.25, 0.3) is 0 Å². The van der Waals surface area contributed by atoms with E-state index < -0.39 is 0 Å². The first-order chi connectivity index (χ1) is 13.7. The van der Waals surface area contributed by atoms with Crippen molar-refractivity contribution < 1.29 is 28.5 Å². The minimum absolute atomic E-state index is 0.0260. The van der Waals surface area contributed by atoms with Crippen molar-refractivity contribution in [3.63, 3.8) is 0 Å². The molecule has 2 amide bonds. The average Bonchev–Trinajstić information content (AvgIpc) is 2.71. The van der Waals surface area contributed by atoms with Gasteiger partial charge in [-0.25, -0.2) is 4.79 Å². The highest BCUT2D eigenvalue weighted by molar-refractivity contribution is 7.99. The number of hydrogen-bond acceptors (Lipinski definition) is 7. The largest absolute Gasteiger partial charge is 0.446 e. The Kier molecular flexibility index (Phi) is 15.1. The van der Waals surface area contributed by atoms with Gasteiger partial charge in [-0.05, 0) is 31.9 Å². The number of alkyl carbamates (subject to hydrolysis) is 1. The molecule has 0 aromatic heterocycles. The second kappa shape index (κ2) is 16.9. The maximum atomic E-state index is 11.7. The first kappa shape index (κ1) is 25.0. The van der Waals surface area contributed by atoms with Crippen LogP contribution in [-0.2, 0) is 23.7 Å². The molecule has 0 spiro atoms. The van der Waals surface area contributed by atoms with Crippen LogP contribution in [-0.4, -0.2) is 82.3 Å². The maximum absolute atomic E-state index is 11.7. The van der Waals surface area contributed by atoms with E-state index >= 15 is 0 Å². The number of ether oxygens (including phenoxy) is 4. The molecule has 1 aliphatic carbocycles. The zero-order chi connectivity index (χ0) is 20.5.